The van der Waals surface area contributed by atoms with Gasteiger partial charge in [-0.2, -0.15) is 0 Å². The molecule has 2 aliphatic heterocycles. The third-order valence-electron chi connectivity index (χ3n) is 4.26. The van der Waals surface area contributed by atoms with E-state index in [1.807, 2.05) is 12.3 Å². The fourth-order valence-electron chi connectivity index (χ4n) is 3.15. The molecule has 2 aliphatic rings. The first-order chi connectivity index (χ1) is 9.42. The molecule has 0 aliphatic carbocycles. The van der Waals surface area contributed by atoms with Gasteiger partial charge in [-0.25, -0.2) is 4.98 Å². The van der Waals surface area contributed by atoms with Crippen LogP contribution in [0.5, 0.6) is 0 Å². The van der Waals surface area contributed by atoms with Crippen LogP contribution in [0.25, 0.3) is 0 Å². The Morgan fingerprint density at radius 3 is 2.79 bits per heavy atom. The zero-order chi connectivity index (χ0) is 12.9. The lowest BCUT2D eigenvalue weighted by atomic mass is 9.99. The fraction of sp³-hybridized carbons (Fsp3) is 0.667. The summed E-state index contributed by atoms with van der Waals surface area (Å²) in [5.41, 5.74) is 0. The van der Waals surface area contributed by atoms with Crippen molar-refractivity contribution in [2.75, 3.05) is 50.7 Å². The van der Waals surface area contributed by atoms with Gasteiger partial charge < -0.3 is 10.2 Å². The van der Waals surface area contributed by atoms with Gasteiger partial charge in [-0.1, -0.05) is 6.07 Å². The maximum atomic E-state index is 4.44. The fourth-order valence-corrected chi connectivity index (χ4v) is 3.15. The average molecular weight is 260 g/mol. The molecule has 1 aromatic rings. The molecule has 1 aromatic heterocycles. The third-order valence-corrected chi connectivity index (χ3v) is 4.26. The van der Waals surface area contributed by atoms with Crippen LogP contribution in [0.4, 0.5) is 5.82 Å². The Kier molecular flexibility index (Phi) is 4.30. The zero-order valence-electron chi connectivity index (χ0n) is 11.6. The minimum Gasteiger partial charge on any atom is -0.354 e. The number of nitrogens with zero attached hydrogens (tertiary/aromatic N) is 3. The number of nitrogens with one attached hydrogen (secondary N) is 1. The Labute approximate surface area is 115 Å². The molecule has 2 saturated heterocycles. The summed E-state index contributed by atoms with van der Waals surface area (Å²) in [6.45, 7) is 8.25. The molecule has 0 bridgehead atoms. The number of hydrogen-bond acceptors (Lipinski definition) is 4. The predicted molar refractivity (Wildman–Crippen MR) is 78.5 cm³/mol. The monoisotopic (exact) mass is 260 g/mol. The standard InChI is InChI=1S/C15H24N4/c1-2-7-17-15(5-1)19-10-8-18(9-11-19)13-14-4-3-6-16-12-14/h1-2,5,7,14,16H,3-4,6,8-13H2/t14-/m0/s1. The largest absolute Gasteiger partial charge is 0.354 e. The normalized spacial score (nSPS) is 25.5. The van der Waals surface area contributed by atoms with Gasteiger partial charge in [0.2, 0.25) is 0 Å². The van der Waals surface area contributed by atoms with E-state index < -0.39 is 0 Å². The number of piperidine rings is 1. The van der Waals surface area contributed by atoms with Crippen LogP contribution in [0.15, 0.2) is 24.4 Å². The maximum absolute atomic E-state index is 4.44. The molecular formula is C15H24N4. The highest BCUT2D eigenvalue weighted by molar-refractivity contribution is 5.38. The van der Waals surface area contributed by atoms with Crippen molar-refractivity contribution in [3.8, 4) is 0 Å². The first-order valence-electron chi connectivity index (χ1n) is 7.51. The van der Waals surface area contributed by atoms with E-state index in [4.69, 9.17) is 0 Å². The molecule has 0 unspecified atom stereocenters. The lowest BCUT2D eigenvalue weighted by Crippen LogP contribution is -2.49. The Balaban J connectivity index is 1.46. The molecule has 0 amide bonds. The van der Waals surface area contributed by atoms with Gasteiger partial charge in [-0.3, -0.25) is 4.90 Å². The number of rotatable bonds is 3. The van der Waals surface area contributed by atoms with Crippen LogP contribution >= 0.6 is 0 Å². The van der Waals surface area contributed by atoms with Gasteiger partial charge >= 0.3 is 0 Å². The van der Waals surface area contributed by atoms with Crippen molar-refractivity contribution in [1.82, 2.24) is 15.2 Å². The van der Waals surface area contributed by atoms with Crippen LogP contribution in [-0.4, -0.2) is 55.7 Å². The van der Waals surface area contributed by atoms with Crippen LogP contribution in [-0.2, 0) is 0 Å². The van der Waals surface area contributed by atoms with E-state index in [-0.39, 0.29) is 0 Å². The molecule has 0 spiro atoms. The van der Waals surface area contributed by atoms with Crippen LogP contribution in [0.3, 0.4) is 0 Å². The van der Waals surface area contributed by atoms with E-state index in [1.54, 1.807) is 0 Å². The Morgan fingerprint density at radius 2 is 2.11 bits per heavy atom. The lowest BCUT2D eigenvalue weighted by Gasteiger charge is -2.37. The van der Waals surface area contributed by atoms with E-state index in [9.17, 15) is 0 Å². The topological polar surface area (TPSA) is 31.4 Å². The van der Waals surface area contributed by atoms with Crippen molar-refractivity contribution in [1.29, 1.82) is 0 Å². The number of hydrogen-bond donors (Lipinski definition) is 1. The SMILES string of the molecule is c1ccc(N2CCN(C[C@H]3CCCNC3)CC2)nc1. The second kappa shape index (κ2) is 6.35. The molecule has 4 heteroatoms. The first kappa shape index (κ1) is 12.9. The van der Waals surface area contributed by atoms with Crippen molar-refractivity contribution in [2.24, 2.45) is 5.92 Å². The zero-order valence-corrected chi connectivity index (χ0v) is 11.6. The smallest absolute Gasteiger partial charge is 0.128 e. The minimum atomic E-state index is 0.857. The second-order valence-corrected chi connectivity index (χ2v) is 5.69. The van der Waals surface area contributed by atoms with Crippen molar-refractivity contribution >= 4 is 5.82 Å². The highest BCUT2D eigenvalue weighted by Crippen LogP contribution is 2.16. The van der Waals surface area contributed by atoms with Crippen molar-refractivity contribution in [3.63, 3.8) is 0 Å². The van der Waals surface area contributed by atoms with E-state index in [0.29, 0.717) is 0 Å². The first-order valence-corrected chi connectivity index (χ1v) is 7.51. The molecular weight excluding hydrogens is 236 g/mol. The summed E-state index contributed by atoms with van der Waals surface area (Å²) >= 11 is 0. The summed E-state index contributed by atoms with van der Waals surface area (Å²) in [6.07, 6.45) is 4.63. The Morgan fingerprint density at radius 1 is 1.21 bits per heavy atom. The quantitative estimate of drug-likeness (QED) is 0.885. The maximum Gasteiger partial charge on any atom is 0.128 e. The molecule has 104 valence electrons. The number of aromatic nitrogens is 1. The molecule has 3 rings (SSSR count). The molecule has 0 aromatic carbocycles. The molecule has 19 heavy (non-hydrogen) atoms. The Bertz CT molecular complexity index is 367. The minimum absolute atomic E-state index is 0.857. The van der Waals surface area contributed by atoms with E-state index >= 15 is 0 Å². The van der Waals surface area contributed by atoms with Crippen LogP contribution < -0.4 is 10.2 Å². The van der Waals surface area contributed by atoms with Gasteiger partial charge in [0.15, 0.2) is 0 Å². The molecule has 1 atom stereocenters. The van der Waals surface area contributed by atoms with Gasteiger partial charge in [0.05, 0.1) is 0 Å². The molecule has 2 fully saturated rings. The number of anilines is 1. The van der Waals surface area contributed by atoms with E-state index in [0.717, 1.165) is 24.8 Å². The van der Waals surface area contributed by atoms with Gasteiger partial charge in [-0.15, -0.1) is 0 Å². The molecule has 4 nitrogen and oxygen atoms in total. The van der Waals surface area contributed by atoms with E-state index in [2.05, 4.69) is 32.2 Å². The molecule has 3 heterocycles. The molecule has 0 saturated carbocycles. The van der Waals surface area contributed by atoms with Crippen molar-refractivity contribution < 1.29 is 0 Å². The second-order valence-electron chi connectivity index (χ2n) is 5.69. The van der Waals surface area contributed by atoms with E-state index in [1.165, 1.54) is 45.6 Å². The molecule has 1 N–H and O–H groups in total. The van der Waals surface area contributed by atoms with Crippen molar-refractivity contribution in [2.45, 2.75) is 12.8 Å². The summed E-state index contributed by atoms with van der Waals surface area (Å²) in [7, 11) is 0. The Hall–Kier alpha value is -1.13. The predicted octanol–water partition coefficient (Wildman–Crippen LogP) is 1.20. The summed E-state index contributed by atoms with van der Waals surface area (Å²) < 4.78 is 0. The summed E-state index contributed by atoms with van der Waals surface area (Å²) in [5.74, 6) is 1.98. The highest BCUT2D eigenvalue weighted by atomic mass is 15.3. The number of piperazine rings is 1. The summed E-state index contributed by atoms with van der Waals surface area (Å²) in [6, 6.07) is 6.17. The van der Waals surface area contributed by atoms with Crippen LogP contribution in [0.2, 0.25) is 0 Å². The van der Waals surface area contributed by atoms with Crippen LogP contribution in [0.1, 0.15) is 12.8 Å². The average Bonchev–Trinajstić information content (AvgIpc) is 2.50. The third kappa shape index (κ3) is 3.45. The van der Waals surface area contributed by atoms with Gasteiger partial charge in [0.1, 0.15) is 5.82 Å². The molecule has 0 radical (unpaired) electrons. The van der Waals surface area contributed by atoms with Crippen molar-refractivity contribution in [3.05, 3.63) is 24.4 Å². The van der Waals surface area contributed by atoms with Crippen LogP contribution in [0, 0.1) is 5.92 Å². The lowest BCUT2D eigenvalue weighted by molar-refractivity contribution is 0.198. The van der Waals surface area contributed by atoms with Gasteiger partial charge in [0.25, 0.3) is 0 Å². The van der Waals surface area contributed by atoms with Gasteiger partial charge in [0, 0.05) is 38.9 Å². The number of pyridine rings is 1. The summed E-state index contributed by atoms with van der Waals surface area (Å²) in [4.78, 5) is 9.46. The van der Waals surface area contributed by atoms with Gasteiger partial charge in [-0.05, 0) is 44.0 Å². The summed E-state index contributed by atoms with van der Waals surface area (Å²) in [5, 5.41) is 3.51. The highest BCUT2D eigenvalue weighted by Gasteiger charge is 2.21.